The molecule has 3 aromatic carbocycles. The number of hydrogen-bond donors (Lipinski definition) is 1. The van der Waals surface area contributed by atoms with Crippen molar-refractivity contribution in [2.24, 2.45) is 0 Å². The Morgan fingerprint density at radius 1 is 1.13 bits per heavy atom. The number of ether oxygens (including phenoxy) is 3. The van der Waals surface area contributed by atoms with Gasteiger partial charge in [0.25, 0.3) is 5.91 Å². The molecule has 0 saturated carbocycles. The average molecular weight is 400 g/mol. The number of carbonyl (C=O) groups is 1. The van der Waals surface area contributed by atoms with Crippen molar-refractivity contribution in [2.45, 2.75) is 6.92 Å². The highest BCUT2D eigenvalue weighted by molar-refractivity contribution is 6.11. The van der Waals surface area contributed by atoms with Crippen molar-refractivity contribution in [3.63, 3.8) is 0 Å². The largest absolute Gasteiger partial charge is 0.493 e. The molecule has 6 nitrogen and oxygen atoms in total. The third kappa shape index (κ3) is 3.91. The highest BCUT2D eigenvalue weighted by Crippen LogP contribution is 2.33. The van der Waals surface area contributed by atoms with Crippen LogP contribution in [-0.2, 0) is 4.79 Å². The molecule has 0 radical (unpaired) electrons. The highest BCUT2D eigenvalue weighted by atomic mass is 16.6. The predicted molar refractivity (Wildman–Crippen MR) is 115 cm³/mol. The summed E-state index contributed by atoms with van der Waals surface area (Å²) in [5, 5.41) is 14.3. The minimum absolute atomic E-state index is 0.0257. The number of amides is 1. The fraction of sp³-hybridized carbons (Fsp3) is 0.167. The summed E-state index contributed by atoms with van der Waals surface area (Å²) in [4.78, 5) is 12.8. The van der Waals surface area contributed by atoms with Crippen LogP contribution in [0.2, 0.25) is 0 Å². The second kappa shape index (κ2) is 8.58. The van der Waals surface area contributed by atoms with Gasteiger partial charge in [-0.2, -0.15) is 5.26 Å². The molecule has 0 bridgehead atoms. The lowest BCUT2D eigenvalue weighted by Gasteiger charge is -2.19. The third-order valence-corrected chi connectivity index (χ3v) is 4.68. The molecule has 6 heteroatoms. The first-order valence-electron chi connectivity index (χ1n) is 9.67. The second-order valence-electron chi connectivity index (χ2n) is 6.61. The second-order valence-corrected chi connectivity index (χ2v) is 6.61. The quantitative estimate of drug-likeness (QED) is 0.502. The summed E-state index contributed by atoms with van der Waals surface area (Å²) in [7, 11) is 0. The smallest absolute Gasteiger partial charge is 0.266 e. The van der Waals surface area contributed by atoms with Gasteiger partial charge in [0.2, 0.25) is 0 Å². The monoisotopic (exact) mass is 400 g/mol. The van der Waals surface area contributed by atoms with Gasteiger partial charge in [-0.25, -0.2) is 0 Å². The van der Waals surface area contributed by atoms with E-state index >= 15 is 0 Å². The Morgan fingerprint density at radius 3 is 2.73 bits per heavy atom. The zero-order chi connectivity index (χ0) is 20.9. The predicted octanol–water partition coefficient (Wildman–Crippen LogP) is 4.56. The molecule has 0 aliphatic carbocycles. The molecule has 1 amide bonds. The molecule has 0 aromatic heterocycles. The van der Waals surface area contributed by atoms with E-state index < -0.39 is 5.91 Å². The summed E-state index contributed by atoms with van der Waals surface area (Å²) in [5.41, 5.74) is 1.19. The molecule has 1 heterocycles. The van der Waals surface area contributed by atoms with Crippen LogP contribution in [0.5, 0.6) is 17.2 Å². The molecule has 30 heavy (non-hydrogen) atoms. The lowest BCUT2D eigenvalue weighted by molar-refractivity contribution is -0.112. The van der Waals surface area contributed by atoms with Gasteiger partial charge in [-0.1, -0.05) is 30.3 Å². The highest BCUT2D eigenvalue weighted by Gasteiger charge is 2.16. The Kier molecular flexibility index (Phi) is 5.53. The summed E-state index contributed by atoms with van der Waals surface area (Å²) in [6.45, 7) is 3.31. The molecule has 1 aliphatic heterocycles. The number of benzene rings is 3. The van der Waals surface area contributed by atoms with Crippen molar-refractivity contribution in [1.29, 1.82) is 5.26 Å². The van der Waals surface area contributed by atoms with E-state index in [0.29, 0.717) is 48.3 Å². The van der Waals surface area contributed by atoms with Gasteiger partial charge in [-0.3, -0.25) is 4.79 Å². The zero-order valence-corrected chi connectivity index (χ0v) is 16.5. The zero-order valence-electron chi connectivity index (χ0n) is 16.5. The molecule has 0 spiro atoms. The molecule has 1 N–H and O–H groups in total. The fourth-order valence-electron chi connectivity index (χ4n) is 3.32. The van der Waals surface area contributed by atoms with Crippen molar-refractivity contribution in [3.05, 3.63) is 65.7 Å². The van der Waals surface area contributed by atoms with Gasteiger partial charge >= 0.3 is 0 Å². The van der Waals surface area contributed by atoms with Gasteiger partial charge in [-0.15, -0.1) is 0 Å². The number of nitrogens with zero attached hydrogens (tertiary/aromatic N) is 1. The Morgan fingerprint density at radius 2 is 1.93 bits per heavy atom. The number of rotatable bonds is 5. The van der Waals surface area contributed by atoms with E-state index in [1.165, 1.54) is 0 Å². The third-order valence-electron chi connectivity index (χ3n) is 4.68. The normalized spacial score (nSPS) is 12.9. The molecule has 0 fully saturated rings. The molecule has 0 unspecified atom stereocenters. The molecule has 4 rings (SSSR count). The van der Waals surface area contributed by atoms with Gasteiger partial charge < -0.3 is 19.5 Å². The molecule has 0 saturated heterocycles. The molecule has 3 aromatic rings. The first-order valence-corrected chi connectivity index (χ1v) is 9.67. The Labute approximate surface area is 174 Å². The van der Waals surface area contributed by atoms with Crippen LogP contribution in [0.3, 0.4) is 0 Å². The number of hydrogen-bond acceptors (Lipinski definition) is 5. The first-order chi connectivity index (χ1) is 14.7. The molecule has 0 atom stereocenters. The maximum atomic E-state index is 12.8. The minimum Gasteiger partial charge on any atom is -0.493 e. The van der Waals surface area contributed by atoms with Gasteiger partial charge in [-0.05, 0) is 42.0 Å². The SMILES string of the molecule is CCOc1ccc2ccccc2c1/C=C(\C#N)C(=O)Nc1ccc2c(c1)OCCO2. The van der Waals surface area contributed by atoms with E-state index in [1.807, 2.05) is 49.4 Å². The Balaban J connectivity index is 1.68. The summed E-state index contributed by atoms with van der Waals surface area (Å²) < 4.78 is 16.8. The molecule has 150 valence electrons. The number of nitriles is 1. The van der Waals surface area contributed by atoms with Crippen LogP contribution < -0.4 is 19.5 Å². The maximum Gasteiger partial charge on any atom is 0.266 e. The van der Waals surface area contributed by atoms with Crippen LogP contribution in [0.15, 0.2) is 60.2 Å². The van der Waals surface area contributed by atoms with Crippen LogP contribution in [0.1, 0.15) is 12.5 Å². The van der Waals surface area contributed by atoms with Crippen molar-refractivity contribution in [2.75, 3.05) is 25.1 Å². The van der Waals surface area contributed by atoms with Crippen LogP contribution in [0.25, 0.3) is 16.8 Å². The summed E-state index contributed by atoms with van der Waals surface area (Å²) in [6, 6.07) is 18.7. The van der Waals surface area contributed by atoms with Crippen molar-refractivity contribution >= 4 is 28.4 Å². The number of nitrogens with one attached hydrogen (secondary N) is 1. The molecular formula is C24H20N2O4. The lowest BCUT2D eigenvalue weighted by Crippen LogP contribution is -2.17. The average Bonchev–Trinajstić information content (AvgIpc) is 2.78. The summed E-state index contributed by atoms with van der Waals surface area (Å²) in [5.74, 6) is 1.31. The number of fused-ring (bicyclic) bond motifs is 2. The van der Waals surface area contributed by atoms with Crippen LogP contribution >= 0.6 is 0 Å². The van der Waals surface area contributed by atoms with Crippen LogP contribution in [0.4, 0.5) is 5.69 Å². The lowest BCUT2D eigenvalue weighted by atomic mass is 10.0. The topological polar surface area (TPSA) is 80.6 Å². The van der Waals surface area contributed by atoms with E-state index in [9.17, 15) is 10.1 Å². The van der Waals surface area contributed by atoms with E-state index in [0.717, 1.165) is 10.8 Å². The summed E-state index contributed by atoms with van der Waals surface area (Å²) in [6.07, 6.45) is 1.57. The Bertz CT molecular complexity index is 1180. The molecular weight excluding hydrogens is 380 g/mol. The molecule has 1 aliphatic rings. The first kappa shape index (κ1) is 19.3. The van der Waals surface area contributed by atoms with Crippen LogP contribution in [0, 0.1) is 11.3 Å². The van der Waals surface area contributed by atoms with Gasteiger partial charge in [0.15, 0.2) is 11.5 Å². The maximum absolute atomic E-state index is 12.8. The standard InChI is InChI=1S/C24H20N2O4/c1-2-28-21-9-7-16-5-3-4-6-19(16)20(21)13-17(15-25)24(27)26-18-8-10-22-23(14-18)30-12-11-29-22/h3-10,13-14H,2,11-12H2,1H3,(H,26,27)/b17-13+. The summed E-state index contributed by atoms with van der Waals surface area (Å²) >= 11 is 0. The minimum atomic E-state index is -0.510. The van der Waals surface area contributed by atoms with Crippen molar-refractivity contribution in [3.8, 4) is 23.3 Å². The van der Waals surface area contributed by atoms with Gasteiger partial charge in [0, 0.05) is 17.3 Å². The van der Waals surface area contributed by atoms with Crippen molar-refractivity contribution in [1.82, 2.24) is 0 Å². The van der Waals surface area contributed by atoms with E-state index in [2.05, 4.69) is 5.32 Å². The number of anilines is 1. The number of carbonyl (C=O) groups excluding carboxylic acids is 1. The van der Waals surface area contributed by atoms with Crippen molar-refractivity contribution < 1.29 is 19.0 Å². The van der Waals surface area contributed by atoms with Crippen LogP contribution in [-0.4, -0.2) is 25.7 Å². The van der Waals surface area contributed by atoms with E-state index in [-0.39, 0.29) is 5.57 Å². The van der Waals surface area contributed by atoms with E-state index in [1.54, 1.807) is 24.3 Å². The fourth-order valence-corrected chi connectivity index (χ4v) is 3.32. The van der Waals surface area contributed by atoms with Gasteiger partial charge in [0.1, 0.15) is 30.6 Å². The Hall–Kier alpha value is -3.98. The van der Waals surface area contributed by atoms with E-state index in [4.69, 9.17) is 14.2 Å². The van der Waals surface area contributed by atoms with Gasteiger partial charge in [0.05, 0.1) is 6.61 Å².